The number of nitrogens with zero attached hydrogens (tertiary/aromatic N) is 2. The van der Waals surface area contributed by atoms with Gasteiger partial charge in [-0.1, -0.05) is 67.6 Å². The molecule has 1 aliphatic heterocycles. The van der Waals surface area contributed by atoms with Crippen LogP contribution < -0.4 is 9.47 Å². The normalized spacial score (nSPS) is 15.6. The predicted molar refractivity (Wildman–Crippen MR) is 165 cm³/mol. The van der Waals surface area contributed by atoms with Gasteiger partial charge in [-0.2, -0.15) is 0 Å². The van der Waals surface area contributed by atoms with Crippen LogP contribution in [0.25, 0.3) is 0 Å². The fraction of sp³-hybridized carbons (Fsp3) is 0.552. The lowest BCUT2D eigenvalue weighted by Crippen LogP contribution is -2.50. The first-order chi connectivity index (χ1) is 18.4. The molecular weight excluding hydrogens is 627 g/mol. The number of nitro groups is 1. The third-order valence-corrected chi connectivity index (χ3v) is 13.1. The van der Waals surface area contributed by atoms with Gasteiger partial charge in [-0.25, -0.2) is 0 Å². The number of hydrogen-bond acceptors (Lipinski definition) is 6. The third-order valence-electron chi connectivity index (χ3n) is 7.80. The van der Waals surface area contributed by atoms with Crippen LogP contribution in [0.5, 0.6) is 11.5 Å². The molecule has 0 N–H and O–H groups in total. The molecule has 0 saturated carbocycles. The lowest BCUT2D eigenvalue weighted by molar-refractivity contribution is -0.385. The summed E-state index contributed by atoms with van der Waals surface area (Å²) in [5.41, 5.74) is 1.91. The number of ether oxygens (including phenoxy) is 2. The predicted octanol–water partition coefficient (Wildman–Crippen LogP) is 7.18. The molecule has 8 nitrogen and oxygen atoms in total. The molecule has 3 rings (SSSR count). The number of carbonyl (C=O) groups is 1. The van der Waals surface area contributed by atoms with Crippen molar-refractivity contribution in [2.24, 2.45) is 0 Å². The summed E-state index contributed by atoms with van der Waals surface area (Å²) in [5, 5.41) is 12.2. The van der Waals surface area contributed by atoms with Gasteiger partial charge in [-0.3, -0.25) is 14.9 Å². The van der Waals surface area contributed by atoms with Crippen LogP contribution in [-0.2, 0) is 17.4 Å². The highest BCUT2D eigenvalue weighted by atomic mass is 127. The number of carbonyl (C=O) groups excluding carboxylic acids is 1. The van der Waals surface area contributed by atoms with Crippen LogP contribution >= 0.6 is 22.6 Å². The minimum Gasteiger partial charge on any atom is -0.493 e. The largest absolute Gasteiger partial charge is 0.493 e. The van der Waals surface area contributed by atoms with E-state index in [4.69, 9.17) is 13.9 Å². The number of alkyl halides is 1. The Kier molecular flexibility index (Phi) is 10.8. The number of hydrogen-bond donors (Lipinski definition) is 0. The van der Waals surface area contributed by atoms with Crippen molar-refractivity contribution in [1.82, 2.24) is 4.90 Å². The second-order valence-corrected chi connectivity index (χ2v) is 17.4. The Labute approximate surface area is 246 Å². The molecule has 0 bridgehead atoms. The molecule has 0 unspecified atom stereocenters. The van der Waals surface area contributed by atoms with Crippen molar-refractivity contribution in [2.45, 2.75) is 77.2 Å². The van der Waals surface area contributed by atoms with Crippen LogP contribution in [0.3, 0.4) is 0 Å². The summed E-state index contributed by atoms with van der Waals surface area (Å²) in [4.78, 5) is 27.4. The van der Waals surface area contributed by atoms with Crippen LogP contribution in [-0.4, -0.2) is 54.8 Å². The molecule has 0 radical (unpaired) electrons. The zero-order chi connectivity index (χ0) is 28.8. The average molecular weight is 669 g/mol. The molecular formula is C29H41IN2O6Si. The van der Waals surface area contributed by atoms with E-state index in [2.05, 4.69) is 62.5 Å². The number of methoxy groups -OCH3 is 1. The van der Waals surface area contributed by atoms with Crippen LogP contribution in [0.2, 0.25) is 18.1 Å². The van der Waals surface area contributed by atoms with Crippen LogP contribution in [0.4, 0.5) is 5.69 Å². The fourth-order valence-corrected chi connectivity index (χ4v) is 5.93. The Morgan fingerprint density at radius 2 is 1.82 bits per heavy atom. The Morgan fingerprint density at radius 1 is 1.13 bits per heavy atom. The Balaban J connectivity index is 1.94. The standard InChI is InChI=1S/C29H41IN2O6Si/c1-29(2,3)39(5,6)38-20-23-16-21-12-8-9-13-22(21)19-31(23)28(33)24-17-26(36-4)27(18-25(24)32(34)35)37-15-11-7-10-14-30/h8-9,12-13,17-18,23H,7,10-11,14-16,19-20H2,1-6H3/t23-/m0/s1. The van der Waals surface area contributed by atoms with Crippen molar-refractivity contribution >= 4 is 42.5 Å². The third kappa shape index (κ3) is 7.72. The van der Waals surface area contributed by atoms with Crippen molar-refractivity contribution in [3.63, 3.8) is 0 Å². The zero-order valence-electron chi connectivity index (χ0n) is 23.9. The SMILES string of the molecule is COc1cc(C(=O)N2Cc3ccccc3C[C@H]2CO[Si](C)(C)C(C)(C)C)c([N+](=O)[O-])cc1OCCCCCI. The molecule has 1 heterocycles. The van der Waals surface area contributed by atoms with Crippen molar-refractivity contribution < 1.29 is 23.6 Å². The zero-order valence-corrected chi connectivity index (χ0v) is 27.1. The first kappa shape index (κ1) is 31.3. The van der Waals surface area contributed by atoms with E-state index in [-0.39, 0.29) is 28.1 Å². The highest BCUT2D eigenvalue weighted by Crippen LogP contribution is 2.39. The molecule has 1 amide bonds. The highest BCUT2D eigenvalue weighted by molar-refractivity contribution is 14.1. The van der Waals surface area contributed by atoms with Gasteiger partial charge in [0.15, 0.2) is 19.8 Å². The van der Waals surface area contributed by atoms with Crippen molar-refractivity contribution in [2.75, 3.05) is 24.8 Å². The molecule has 2 aromatic carbocycles. The second kappa shape index (κ2) is 13.4. The van der Waals surface area contributed by atoms with Crippen LogP contribution in [0, 0.1) is 10.1 Å². The Bertz CT molecular complexity index is 1170. The van der Waals surface area contributed by atoms with Crippen LogP contribution in [0.15, 0.2) is 36.4 Å². The molecule has 2 aromatic rings. The molecule has 10 heteroatoms. The maximum Gasteiger partial charge on any atom is 0.286 e. The molecule has 0 fully saturated rings. The van der Waals surface area contributed by atoms with E-state index in [1.54, 1.807) is 4.90 Å². The molecule has 39 heavy (non-hydrogen) atoms. The Morgan fingerprint density at radius 3 is 2.44 bits per heavy atom. The van der Waals surface area contributed by atoms with E-state index in [1.165, 1.54) is 24.8 Å². The summed E-state index contributed by atoms with van der Waals surface area (Å²) in [7, 11) is -0.602. The molecule has 0 aromatic heterocycles. The van der Waals surface area contributed by atoms with Gasteiger partial charge >= 0.3 is 0 Å². The second-order valence-electron chi connectivity index (χ2n) is 11.5. The van der Waals surface area contributed by atoms with E-state index < -0.39 is 19.1 Å². The molecule has 214 valence electrons. The number of halogens is 1. The quantitative estimate of drug-likeness (QED) is 0.0595. The number of benzene rings is 2. The lowest BCUT2D eigenvalue weighted by Gasteiger charge is -2.41. The van der Waals surface area contributed by atoms with Gasteiger partial charge in [0, 0.05) is 12.6 Å². The van der Waals surface area contributed by atoms with Gasteiger partial charge < -0.3 is 18.8 Å². The Hall–Kier alpha value is -2.18. The molecule has 0 spiro atoms. The molecule has 1 aliphatic rings. The topological polar surface area (TPSA) is 91.1 Å². The number of fused-ring (bicyclic) bond motifs is 1. The molecule has 0 aliphatic carbocycles. The minimum absolute atomic E-state index is 0.00850. The number of rotatable bonds is 12. The lowest BCUT2D eigenvalue weighted by atomic mass is 9.93. The van der Waals surface area contributed by atoms with E-state index in [0.717, 1.165) is 29.3 Å². The molecule has 0 saturated heterocycles. The maximum atomic E-state index is 14.1. The van der Waals surface area contributed by atoms with E-state index in [9.17, 15) is 14.9 Å². The smallest absolute Gasteiger partial charge is 0.286 e. The van der Waals surface area contributed by atoms with Crippen molar-refractivity contribution in [3.05, 3.63) is 63.2 Å². The number of amides is 1. The fourth-order valence-electron chi connectivity index (χ4n) is 4.35. The van der Waals surface area contributed by atoms with E-state index >= 15 is 0 Å². The maximum absolute atomic E-state index is 14.1. The van der Waals surface area contributed by atoms with Gasteiger partial charge in [0.2, 0.25) is 0 Å². The average Bonchev–Trinajstić information content (AvgIpc) is 2.89. The first-order valence-electron chi connectivity index (χ1n) is 13.5. The number of unbranched alkanes of at least 4 members (excludes halogenated alkanes) is 2. The van der Waals surface area contributed by atoms with Gasteiger partial charge in [0.05, 0.1) is 37.4 Å². The highest BCUT2D eigenvalue weighted by Gasteiger charge is 2.40. The summed E-state index contributed by atoms with van der Waals surface area (Å²) in [6, 6.07) is 10.6. The van der Waals surface area contributed by atoms with Crippen LogP contribution in [0.1, 0.15) is 61.5 Å². The summed E-state index contributed by atoms with van der Waals surface area (Å²) < 4.78 is 19.0. The van der Waals surface area contributed by atoms with Crippen molar-refractivity contribution in [3.8, 4) is 11.5 Å². The van der Waals surface area contributed by atoms with E-state index in [1.807, 2.05) is 18.2 Å². The van der Waals surface area contributed by atoms with Gasteiger partial charge in [-0.05, 0) is 59.4 Å². The summed E-state index contributed by atoms with van der Waals surface area (Å²) in [6.45, 7) is 12.1. The monoisotopic (exact) mass is 668 g/mol. The minimum atomic E-state index is -2.08. The summed E-state index contributed by atoms with van der Waals surface area (Å²) in [5.74, 6) is 0.174. The van der Waals surface area contributed by atoms with Gasteiger partial charge in [0.25, 0.3) is 11.6 Å². The van der Waals surface area contributed by atoms with Crippen molar-refractivity contribution in [1.29, 1.82) is 0 Å². The first-order valence-corrected chi connectivity index (χ1v) is 17.9. The summed E-state index contributed by atoms with van der Waals surface area (Å²) >= 11 is 2.34. The molecule has 1 atom stereocenters. The summed E-state index contributed by atoms with van der Waals surface area (Å²) in [6.07, 6.45) is 3.57. The van der Waals surface area contributed by atoms with E-state index in [0.29, 0.717) is 31.9 Å². The van der Waals surface area contributed by atoms with Gasteiger partial charge in [0.1, 0.15) is 5.56 Å². The number of nitro benzene ring substituents is 1. The van der Waals surface area contributed by atoms with Gasteiger partial charge in [-0.15, -0.1) is 0 Å².